The van der Waals surface area contributed by atoms with E-state index < -0.39 is 0 Å². The molecule has 0 saturated carbocycles. The number of oxazole rings is 1. The molecule has 0 bridgehead atoms. The zero-order valence-corrected chi connectivity index (χ0v) is 8.79. The molecule has 1 aromatic heterocycles. The third kappa shape index (κ3) is 2.10. The predicted molar refractivity (Wildman–Crippen MR) is 60.7 cm³/mol. The van der Waals surface area contributed by atoms with Gasteiger partial charge in [-0.2, -0.15) is 4.98 Å². The number of nitrogens with zero attached hydrogens (tertiary/aromatic N) is 1. The molecule has 15 heavy (non-hydrogen) atoms. The molecule has 0 fully saturated rings. The quantitative estimate of drug-likeness (QED) is 0.757. The highest BCUT2D eigenvalue weighted by Gasteiger charge is 2.03. The number of nitrogens with one attached hydrogen (secondary N) is 1. The molecule has 0 unspecified atom stereocenters. The number of anilines is 1. The Balaban J connectivity index is 2.25. The number of fused-ring (bicyclic) bond motifs is 1. The molecule has 3 heteroatoms. The van der Waals surface area contributed by atoms with Crippen LogP contribution >= 0.6 is 0 Å². The minimum Gasteiger partial charge on any atom is -0.424 e. The second kappa shape index (κ2) is 4.05. The Morgan fingerprint density at radius 2 is 2.33 bits per heavy atom. The Kier molecular flexibility index (Phi) is 2.59. The van der Waals surface area contributed by atoms with Crippen LogP contribution in [0.15, 0.2) is 22.6 Å². The largest absolute Gasteiger partial charge is 0.424 e. The van der Waals surface area contributed by atoms with Gasteiger partial charge in [-0.1, -0.05) is 12.0 Å². The summed E-state index contributed by atoms with van der Waals surface area (Å²) in [6, 6.07) is 6.45. The minimum absolute atomic E-state index is 0.526. The van der Waals surface area contributed by atoms with Crippen LogP contribution in [0.2, 0.25) is 0 Å². The summed E-state index contributed by atoms with van der Waals surface area (Å²) in [6.45, 7) is 4.39. The summed E-state index contributed by atoms with van der Waals surface area (Å²) >= 11 is 0. The van der Waals surface area contributed by atoms with Crippen molar-refractivity contribution < 1.29 is 4.42 Å². The molecule has 1 N–H and O–H groups in total. The van der Waals surface area contributed by atoms with Gasteiger partial charge in [0, 0.05) is 0 Å². The van der Waals surface area contributed by atoms with Gasteiger partial charge in [0.25, 0.3) is 6.01 Å². The van der Waals surface area contributed by atoms with Crippen LogP contribution in [0.5, 0.6) is 0 Å². The highest BCUT2D eigenvalue weighted by molar-refractivity contribution is 5.75. The van der Waals surface area contributed by atoms with E-state index in [1.54, 1.807) is 6.92 Å². The monoisotopic (exact) mass is 200 g/mol. The first kappa shape index (κ1) is 9.60. The summed E-state index contributed by atoms with van der Waals surface area (Å²) in [7, 11) is 0. The Bertz CT molecular complexity index is 531. The van der Waals surface area contributed by atoms with Gasteiger partial charge in [0.2, 0.25) is 0 Å². The SMILES string of the molecule is CC#CCNc1nc2cc(C)ccc2o1. The molecule has 0 spiro atoms. The second-order valence-corrected chi connectivity index (χ2v) is 3.27. The molecule has 1 aromatic carbocycles. The van der Waals surface area contributed by atoms with Crippen LogP contribution in [-0.4, -0.2) is 11.5 Å². The van der Waals surface area contributed by atoms with Crippen molar-refractivity contribution in [3.63, 3.8) is 0 Å². The van der Waals surface area contributed by atoms with Crippen molar-refractivity contribution in [2.24, 2.45) is 0 Å². The van der Waals surface area contributed by atoms with Gasteiger partial charge in [-0.25, -0.2) is 0 Å². The summed E-state index contributed by atoms with van der Waals surface area (Å²) in [5, 5.41) is 3.00. The smallest absolute Gasteiger partial charge is 0.296 e. The molecule has 76 valence electrons. The van der Waals surface area contributed by atoms with Crippen molar-refractivity contribution in [3.8, 4) is 11.8 Å². The topological polar surface area (TPSA) is 38.1 Å². The second-order valence-electron chi connectivity index (χ2n) is 3.27. The number of hydrogen-bond acceptors (Lipinski definition) is 3. The Morgan fingerprint density at radius 1 is 1.47 bits per heavy atom. The van der Waals surface area contributed by atoms with Crippen LogP contribution < -0.4 is 5.32 Å². The van der Waals surface area contributed by atoms with Crippen molar-refractivity contribution in [2.45, 2.75) is 13.8 Å². The molecule has 0 aliphatic heterocycles. The molecule has 0 saturated heterocycles. The lowest BCUT2D eigenvalue weighted by atomic mass is 10.2. The molecule has 0 aliphatic carbocycles. The highest BCUT2D eigenvalue weighted by Crippen LogP contribution is 2.19. The fourth-order valence-electron chi connectivity index (χ4n) is 1.32. The van der Waals surface area contributed by atoms with Crippen LogP contribution in [0.1, 0.15) is 12.5 Å². The fourth-order valence-corrected chi connectivity index (χ4v) is 1.32. The lowest BCUT2D eigenvalue weighted by Crippen LogP contribution is -1.97. The number of hydrogen-bond donors (Lipinski definition) is 1. The summed E-state index contributed by atoms with van der Waals surface area (Å²) in [4.78, 5) is 4.30. The van der Waals surface area contributed by atoms with E-state index in [2.05, 4.69) is 22.1 Å². The minimum atomic E-state index is 0.526. The molecule has 0 atom stereocenters. The lowest BCUT2D eigenvalue weighted by molar-refractivity contribution is 0.618. The third-order valence-electron chi connectivity index (χ3n) is 2.05. The van der Waals surface area contributed by atoms with Crippen molar-refractivity contribution in [3.05, 3.63) is 23.8 Å². The van der Waals surface area contributed by atoms with E-state index in [0.717, 1.165) is 11.1 Å². The van der Waals surface area contributed by atoms with E-state index in [1.165, 1.54) is 5.56 Å². The molecule has 2 aromatic rings. The first-order valence-electron chi connectivity index (χ1n) is 4.80. The summed E-state index contributed by atoms with van der Waals surface area (Å²) in [6.07, 6.45) is 0. The maximum Gasteiger partial charge on any atom is 0.296 e. The van der Waals surface area contributed by atoms with E-state index in [1.807, 2.05) is 25.1 Å². The van der Waals surface area contributed by atoms with Gasteiger partial charge < -0.3 is 9.73 Å². The van der Waals surface area contributed by atoms with E-state index in [9.17, 15) is 0 Å². The van der Waals surface area contributed by atoms with Crippen molar-refractivity contribution in [1.82, 2.24) is 4.98 Å². The Hall–Kier alpha value is -1.95. The average Bonchev–Trinajstić information content (AvgIpc) is 2.60. The van der Waals surface area contributed by atoms with Crippen LogP contribution in [0, 0.1) is 18.8 Å². The number of aromatic nitrogens is 1. The standard InChI is InChI=1S/C12H12N2O/c1-3-4-7-13-12-14-10-8-9(2)5-6-11(10)15-12/h5-6,8H,7H2,1-2H3,(H,13,14). The fraction of sp³-hybridized carbons (Fsp3) is 0.250. The molecule has 0 radical (unpaired) electrons. The summed E-state index contributed by atoms with van der Waals surface area (Å²) in [5.41, 5.74) is 2.85. The van der Waals surface area contributed by atoms with E-state index in [0.29, 0.717) is 12.6 Å². The molecular formula is C12H12N2O. The lowest BCUT2D eigenvalue weighted by Gasteiger charge is -1.91. The van der Waals surface area contributed by atoms with Crippen molar-refractivity contribution in [1.29, 1.82) is 0 Å². The number of benzene rings is 1. The van der Waals surface area contributed by atoms with Gasteiger partial charge in [0.1, 0.15) is 5.52 Å². The molecular weight excluding hydrogens is 188 g/mol. The molecule has 0 aliphatic rings. The van der Waals surface area contributed by atoms with E-state index in [4.69, 9.17) is 4.42 Å². The zero-order valence-electron chi connectivity index (χ0n) is 8.79. The van der Waals surface area contributed by atoms with Gasteiger partial charge in [-0.05, 0) is 31.5 Å². The normalized spacial score (nSPS) is 9.73. The van der Waals surface area contributed by atoms with Crippen molar-refractivity contribution >= 4 is 17.1 Å². The highest BCUT2D eigenvalue weighted by atomic mass is 16.4. The maximum absolute atomic E-state index is 5.48. The summed E-state index contributed by atoms with van der Waals surface area (Å²) < 4.78 is 5.48. The summed E-state index contributed by atoms with van der Waals surface area (Å²) in [5.74, 6) is 5.69. The molecule has 1 heterocycles. The molecule has 2 rings (SSSR count). The Labute approximate surface area is 88.5 Å². The van der Waals surface area contributed by atoms with Gasteiger partial charge in [0.05, 0.1) is 6.54 Å². The number of rotatable bonds is 2. The number of aryl methyl sites for hydroxylation is 1. The van der Waals surface area contributed by atoms with Gasteiger partial charge >= 0.3 is 0 Å². The van der Waals surface area contributed by atoms with E-state index in [-0.39, 0.29) is 0 Å². The van der Waals surface area contributed by atoms with Crippen LogP contribution in [-0.2, 0) is 0 Å². The molecule has 0 amide bonds. The predicted octanol–water partition coefficient (Wildman–Crippen LogP) is 2.57. The Morgan fingerprint density at radius 3 is 3.13 bits per heavy atom. The van der Waals surface area contributed by atoms with Crippen LogP contribution in [0.25, 0.3) is 11.1 Å². The zero-order chi connectivity index (χ0) is 10.7. The van der Waals surface area contributed by atoms with Crippen LogP contribution in [0.3, 0.4) is 0 Å². The van der Waals surface area contributed by atoms with Gasteiger partial charge in [-0.3, -0.25) is 0 Å². The van der Waals surface area contributed by atoms with Gasteiger partial charge in [0.15, 0.2) is 5.58 Å². The maximum atomic E-state index is 5.48. The first-order valence-corrected chi connectivity index (χ1v) is 4.80. The molecule has 3 nitrogen and oxygen atoms in total. The third-order valence-corrected chi connectivity index (χ3v) is 2.05. The van der Waals surface area contributed by atoms with Gasteiger partial charge in [-0.15, -0.1) is 5.92 Å². The first-order chi connectivity index (χ1) is 7.29. The van der Waals surface area contributed by atoms with Crippen LogP contribution in [0.4, 0.5) is 6.01 Å². The van der Waals surface area contributed by atoms with E-state index >= 15 is 0 Å². The van der Waals surface area contributed by atoms with Crippen molar-refractivity contribution in [2.75, 3.05) is 11.9 Å². The average molecular weight is 200 g/mol.